The highest BCUT2D eigenvalue weighted by molar-refractivity contribution is 6.05. The van der Waals surface area contributed by atoms with Gasteiger partial charge in [-0.2, -0.15) is 0 Å². The second-order valence-corrected chi connectivity index (χ2v) is 8.91. The number of hydrogen-bond donors (Lipinski definition) is 3. The summed E-state index contributed by atoms with van der Waals surface area (Å²) in [5.41, 5.74) is 8.19. The van der Waals surface area contributed by atoms with E-state index in [1.807, 2.05) is 0 Å². The van der Waals surface area contributed by atoms with Gasteiger partial charge in [0.15, 0.2) is 11.6 Å². The van der Waals surface area contributed by atoms with E-state index in [2.05, 4.69) is 27.2 Å². The highest BCUT2D eigenvalue weighted by atomic mass is 19.1. The monoisotopic (exact) mass is 507 g/mol. The molecule has 0 bridgehead atoms. The van der Waals surface area contributed by atoms with Gasteiger partial charge in [0, 0.05) is 16.8 Å². The van der Waals surface area contributed by atoms with Crippen LogP contribution in [0.4, 0.5) is 20.3 Å². The van der Waals surface area contributed by atoms with E-state index >= 15 is 0 Å². The number of nitrogen functional groups attached to an aromatic ring is 1. The van der Waals surface area contributed by atoms with Crippen LogP contribution >= 0.6 is 0 Å². The maximum Gasteiger partial charge on any atom is 0.258 e. The first-order valence-corrected chi connectivity index (χ1v) is 11.7. The lowest BCUT2D eigenvalue weighted by molar-refractivity contribution is -0.117. The lowest BCUT2D eigenvalue weighted by Crippen LogP contribution is -2.28. The van der Waals surface area contributed by atoms with Gasteiger partial charge in [-0.1, -0.05) is 12.6 Å². The van der Waals surface area contributed by atoms with E-state index in [1.54, 1.807) is 19.9 Å². The molecule has 192 valence electrons. The van der Waals surface area contributed by atoms with Crippen LogP contribution in [0.25, 0.3) is 11.3 Å². The van der Waals surface area contributed by atoms with Crippen molar-refractivity contribution in [1.82, 2.24) is 15.3 Å². The maximum absolute atomic E-state index is 14.7. The lowest BCUT2D eigenvalue weighted by atomic mass is 10.0. The number of amides is 2. The second-order valence-electron chi connectivity index (χ2n) is 8.91. The number of carbonyl (C=O) groups is 2. The number of anilines is 2. The first kappa shape index (κ1) is 25.7. The van der Waals surface area contributed by atoms with Crippen LogP contribution in [-0.4, -0.2) is 34.9 Å². The van der Waals surface area contributed by atoms with Crippen molar-refractivity contribution in [3.05, 3.63) is 77.1 Å². The molecule has 1 aliphatic rings. The highest BCUT2D eigenvalue weighted by Gasteiger charge is 2.25. The Morgan fingerprint density at radius 3 is 2.62 bits per heavy atom. The van der Waals surface area contributed by atoms with E-state index in [4.69, 9.17) is 10.5 Å². The van der Waals surface area contributed by atoms with Crippen molar-refractivity contribution in [2.24, 2.45) is 0 Å². The van der Waals surface area contributed by atoms with Gasteiger partial charge in [0.05, 0.1) is 12.1 Å². The Kier molecular flexibility index (Phi) is 7.47. The Morgan fingerprint density at radius 1 is 1.19 bits per heavy atom. The molecule has 1 saturated carbocycles. The second kappa shape index (κ2) is 10.7. The molecule has 0 saturated heterocycles. The van der Waals surface area contributed by atoms with Gasteiger partial charge in [0.2, 0.25) is 5.91 Å². The molecule has 0 aliphatic heterocycles. The zero-order valence-electron chi connectivity index (χ0n) is 20.5. The van der Waals surface area contributed by atoms with E-state index in [1.165, 1.54) is 24.5 Å². The SMILES string of the molecule is C=C(C)C(=O)NCCOc1c(N)ncnc1-c1cc(F)cc(NC(=O)c2ccc(C3CC3)cc2F)c1C. The van der Waals surface area contributed by atoms with Gasteiger partial charge in [-0.3, -0.25) is 9.59 Å². The van der Waals surface area contributed by atoms with E-state index in [0.29, 0.717) is 22.6 Å². The quantitative estimate of drug-likeness (QED) is 0.290. The van der Waals surface area contributed by atoms with Crippen LogP contribution in [0.3, 0.4) is 0 Å². The molecule has 0 radical (unpaired) electrons. The largest absolute Gasteiger partial charge is 0.486 e. The molecule has 0 atom stereocenters. The molecule has 2 aromatic carbocycles. The van der Waals surface area contributed by atoms with Crippen LogP contribution in [-0.2, 0) is 4.79 Å². The summed E-state index contributed by atoms with van der Waals surface area (Å²) in [5.74, 6) is -1.85. The van der Waals surface area contributed by atoms with Crippen molar-refractivity contribution in [2.75, 3.05) is 24.2 Å². The van der Waals surface area contributed by atoms with Crippen molar-refractivity contribution >= 4 is 23.3 Å². The van der Waals surface area contributed by atoms with Crippen molar-refractivity contribution in [1.29, 1.82) is 0 Å². The fraction of sp³-hybridized carbons (Fsp3) is 0.259. The van der Waals surface area contributed by atoms with E-state index in [0.717, 1.165) is 24.5 Å². The Balaban J connectivity index is 1.58. The first-order valence-electron chi connectivity index (χ1n) is 11.7. The number of rotatable bonds is 9. The first-order chi connectivity index (χ1) is 17.7. The summed E-state index contributed by atoms with van der Waals surface area (Å²) in [6, 6.07) is 6.94. The molecule has 2 amide bonds. The van der Waals surface area contributed by atoms with Gasteiger partial charge in [0.1, 0.15) is 30.3 Å². The molecule has 1 heterocycles. The smallest absolute Gasteiger partial charge is 0.258 e. The third-order valence-electron chi connectivity index (χ3n) is 6.02. The molecule has 0 spiro atoms. The molecule has 4 N–H and O–H groups in total. The number of carbonyl (C=O) groups excluding carboxylic acids is 2. The molecule has 3 aromatic rings. The van der Waals surface area contributed by atoms with Crippen LogP contribution in [0, 0.1) is 18.6 Å². The predicted molar refractivity (Wildman–Crippen MR) is 136 cm³/mol. The fourth-order valence-corrected chi connectivity index (χ4v) is 3.82. The summed E-state index contributed by atoms with van der Waals surface area (Å²) >= 11 is 0. The molecule has 1 fully saturated rings. The van der Waals surface area contributed by atoms with E-state index in [-0.39, 0.29) is 47.6 Å². The van der Waals surface area contributed by atoms with Gasteiger partial charge in [-0.25, -0.2) is 18.7 Å². The molecule has 0 unspecified atom stereocenters. The predicted octanol–water partition coefficient (Wildman–Crippen LogP) is 4.51. The number of hydrogen-bond acceptors (Lipinski definition) is 6. The minimum atomic E-state index is -0.702. The summed E-state index contributed by atoms with van der Waals surface area (Å²) in [6.07, 6.45) is 3.23. The van der Waals surface area contributed by atoms with Gasteiger partial charge in [-0.05, 0) is 68.0 Å². The van der Waals surface area contributed by atoms with Crippen molar-refractivity contribution < 1.29 is 23.1 Å². The zero-order chi connectivity index (χ0) is 26.7. The third-order valence-corrected chi connectivity index (χ3v) is 6.02. The van der Waals surface area contributed by atoms with Crippen LogP contribution in [0.2, 0.25) is 0 Å². The Hall–Kier alpha value is -4.34. The summed E-state index contributed by atoms with van der Waals surface area (Å²) in [6.45, 7) is 7.00. The molecule has 1 aromatic heterocycles. The number of nitrogens with two attached hydrogens (primary N) is 1. The van der Waals surface area contributed by atoms with Crippen molar-refractivity contribution in [3.63, 3.8) is 0 Å². The molecule has 37 heavy (non-hydrogen) atoms. The van der Waals surface area contributed by atoms with Gasteiger partial charge < -0.3 is 21.1 Å². The number of halogens is 2. The molecule has 8 nitrogen and oxygen atoms in total. The summed E-state index contributed by atoms with van der Waals surface area (Å²) in [7, 11) is 0. The minimum absolute atomic E-state index is 0.0169. The van der Waals surface area contributed by atoms with Gasteiger partial charge in [-0.15, -0.1) is 0 Å². The number of ether oxygens (including phenoxy) is 1. The maximum atomic E-state index is 14.7. The molecule has 10 heteroatoms. The van der Waals surface area contributed by atoms with Crippen LogP contribution < -0.4 is 21.1 Å². The highest BCUT2D eigenvalue weighted by Crippen LogP contribution is 2.40. The number of aromatic nitrogens is 2. The van der Waals surface area contributed by atoms with Crippen LogP contribution in [0.1, 0.15) is 47.2 Å². The summed E-state index contributed by atoms with van der Waals surface area (Å²) < 4.78 is 35.1. The van der Waals surface area contributed by atoms with Crippen LogP contribution in [0.15, 0.2) is 48.8 Å². The Labute approximate surface area is 213 Å². The third kappa shape index (κ3) is 5.91. The van der Waals surface area contributed by atoms with Crippen molar-refractivity contribution in [2.45, 2.75) is 32.6 Å². The minimum Gasteiger partial charge on any atom is -0.486 e. The zero-order valence-corrected chi connectivity index (χ0v) is 20.5. The molecular weight excluding hydrogens is 480 g/mol. The normalized spacial score (nSPS) is 12.6. The number of nitrogens with one attached hydrogen (secondary N) is 2. The summed E-state index contributed by atoms with van der Waals surface area (Å²) in [5, 5.41) is 5.23. The van der Waals surface area contributed by atoms with E-state index < -0.39 is 17.5 Å². The average molecular weight is 508 g/mol. The fourth-order valence-electron chi connectivity index (χ4n) is 3.82. The Bertz CT molecular complexity index is 1390. The lowest BCUT2D eigenvalue weighted by Gasteiger charge is -2.17. The van der Waals surface area contributed by atoms with Gasteiger partial charge >= 0.3 is 0 Å². The topological polar surface area (TPSA) is 119 Å². The summed E-state index contributed by atoms with van der Waals surface area (Å²) in [4.78, 5) is 32.7. The van der Waals surface area contributed by atoms with Gasteiger partial charge in [0.25, 0.3) is 5.91 Å². The Morgan fingerprint density at radius 2 is 1.95 bits per heavy atom. The molecule has 4 rings (SSSR count). The van der Waals surface area contributed by atoms with Crippen LogP contribution in [0.5, 0.6) is 5.75 Å². The number of nitrogens with zero attached hydrogens (tertiary/aromatic N) is 2. The number of benzene rings is 2. The van der Waals surface area contributed by atoms with E-state index in [9.17, 15) is 18.4 Å². The average Bonchev–Trinajstić information content (AvgIpc) is 3.70. The standard InChI is InChI=1S/C27H27F2N5O3/c1-14(2)26(35)31-8-9-37-24-23(32-13-33-25(24)30)20-11-18(28)12-22(15(20)3)34-27(36)19-7-6-17(10-21(19)29)16-4-5-16/h6-7,10-13,16H,1,4-5,8-9H2,2-3H3,(H,31,35)(H,34,36)(H2,30,32,33). The molecule has 1 aliphatic carbocycles. The van der Waals surface area contributed by atoms with Crippen molar-refractivity contribution in [3.8, 4) is 17.0 Å². The molecular formula is C27H27F2N5O3.